The van der Waals surface area contributed by atoms with Crippen molar-refractivity contribution in [2.24, 2.45) is 0 Å². The molecule has 2 rings (SSSR count). The van der Waals surface area contributed by atoms with Gasteiger partial charge in [-0.05, 0) is 68.3 Å². The second-order valence-corrected chi connectivity index (χ2v) is 6.18. The number of carbonyl (C=O) groups excluding carboxylic acids is 1. The van der Waals surface area contributed by atoms with Crippen molar-refractivity contribution < 1.29 is 19.0 Å². The lowest BCUT2D eigenvalue weighted by molar-refractivity contribution is 0.104. The van der Waals surface area contributed by atoms with E-state index in [2.05, 4.69) is 13.2 Å². The first kappa shape index (κ1) is 22.0. The quantitative estimate of drug-likeness (QED) is 0.265. The fourth-order valence-corrected chi connectivity index (χ4v) is 2.79. The first-order chi connectivity index (χ1) is 14.1. The third kappa shape index (κ3) is 6.39. The zero-order valence-electron chi connectivity index (χ0n) is 17.1. The molecule has 0 N–H and O–H groups in total. The molecular weight excluding hydrogens is 364 g/mol. The van der Waals surface area contributed by atoms with E-state index in [0.717, 1.165) is 22.6 Å². The molecule has 0 amide bonds. The van der Waals surface area contributed by atoms with Gasteiger partial charge in [-0.25, -0.2) is 0 Å². The molecule has 4 heteroatoms. The number of ketones is 1. The summed E-state index contributed by atoms with van der Waals surface area (Å²) in [5.41, 5.74) is 2.39. The summed E-state index contributed by atoms with van der Waals surface area (Å²) >= 11 is 0. The molecule has 0 unspecified atom stereocenters. The second kappa shape index (κ2) is 11.5. The molecule has 0 aliphatic heterocycles. The van der Waals surface area contributed by atoms with Gasteiger partial charge in [-0.3, -0.25) is 4.79 Å². The van der Waals surface area contributed by atoms with Gasteiger partial charge in [-0.15, -0.1) is 6.58 Å². The maximum Gasteiger partial charge on any atom is 0.185 e. The smallest absolute Gasteiger partial charge is 0.185 e. The Labute approximate surface area is 173 Å². The first-order valence-corrected chi connectivity index (χ1v) is 9.72. The van der Waals surface area contributed by atoms with Gasteiger partial charge in [0.2, 0.25) is 0 Å². The van der Waals surface area contributed by atoms with Crippen molar-refractivity contribution in [1.82, 2.24) is 0 Å². The molecule has 0 heterocycles. The maximum absolute atomic E-state index is 12.5. The highest BCUT2D eigenvalue weighted by Crippen LogP contribution is 2.32. The molecule has 0 fully saturated rings. The summed E-state index contributed by atoms with van der Waals surface area (Å²) in [6.45, 7) is 12.8. The van der Waals surface area contributed by atoms with E-state index in [9.17, 15) is 4.79 Å². The van der Waals surface area contributed by atoms with Crippen LogP contribution in [0.1, 0.15) is 35.3 Å². The zero-order chi connectivity index (χ0) is 21.1. The minimum atomic E-state index is -0.0913. The van der Waals surface area contributed by atoms with Crippen LogP contribution in [0.3, 0.4) is 0 Å². The third-order valence-electron chi connectivity index (χ3n) is 4.07. The summed E-state index contributed by atoms with van der Waals surface area (Å²) in [5, 5.41) is 0. The SMILES string of the molecule is C=CCOc1ccc(C(=O)C=Cc2cc(OCC)c(CC=C)c(OCC)c2)cc1. The molecule has 0 bridgehead atoms. The van der Waals surface area contributed by atoms with Crippen LogP contribution in [0.15, 0.2) is 67.8 Å². The number of benzene rings is 2. The summed E-state index contributed by atoms with van der Waals surface area (Å²) in [5.74, 6) is 2.10. The fraction of sp³-hybridized carbons (Fsp3) is 0.240. The number of rotatable bonds is 12. The van der Waals surface area contributed by atoms with Crippen LogP contribution in [-0.4, -0.2) is 25.6 Å². The molecule has 0 aromatic heterocycles. The minimum Gasteiger partial charge on any atom is -0.493 e. The van der Waals surface area contributed by atoms with Crippen LogP contribution in [0.4, 0.5) is 0 Å². The lowest BCUT2D eigenvalue weighted by Crippen LogP contribution is -2.02. The van der Waals surface area contributed by atoms with Crippen molar-refractivity contribution in [3.63, 3.8) is 0 Å². The molecule has 2 aromatic rings. The Morgan fingerprint density at radius 2 is 1.55 bits per heavy atom. The molecule has 0 spiro atoms. The number of allylic oxidation sites excluding steroid dienone is 2. The van der Waals surface area contributed by atoms with Crippen molar-refractivity contribution in [2.45, 2.75) is 20.3 Å². The van der Waals surface area contributed by atoms with Crippen LogP contribution in [0.5, 0.6) is 17.2 Å². The van der Waals surface area contributed by atoms with Gasteiger partial charge in [-0.1, -0.05) is 24.8 Å². The van der Waals surface area contributed by atoms with E-state index in [1.807, 2.05) is 32.1 Å². The van der Waals surface area contributed by atoms with E-state index in [1.54, 1.807) is 42.5 Å². The fourth-order valence-electron chi connectivity index (χ4n) is 2.79. The maximum atomic E-state index is 12.5. The highest BCUT2D eigenvalue weighted by Gasteiger charge is 2.12. The molecular formula is C25H28O4. The van der Waals surface area contributed by atoms with Crippen molar-refractivity contribution in [2.75, 3.05) is 19.8 Å². The lowest BCUT2D eigenvalue weighted by Gasteiger charge is -2.15. The average Bonchev–Trinajstić information content (AvgIpc) is 2.73. The van der Waals surface area contributed by atoms with Crippen LogP contribution in [0, 0.1) is 0 Å². The van der Waals surface area contributed by atoms with Gasteiger partial charge in [0.25, 0.3) is 0 Å². The van der Waals surface area contributed by atoms with E-state index < -0.39 is 0 Å². The van der Waals surface area contributed by atoms with Gasteiger partial charge in [0.15, 0.2) is 5.78 Å². The molecule has 4 nitrogen and oxygen atoms in total. The Morgan fingerprint density at radius 1 is 0.931 bits per heavy atom. The molecule has 0 aliphatic rings. The van der Waals surface area contributed by atoms with Crippen molar-refractivity contribution in [1.29, 1.82) is 0 Å². The number of hydrogen-bond donors (Lipinski definition) is 0. The number of ether oxygens (including phenoxy) is 3. The second-order valence-electron chi connectivity index (χ2n) is 6.18. The van der Waals surface area contributed by atoms with Crippen LogP contribution >= 0.6 is 0 Å². The van der Waals surface area contributed by atoms with Crippen molar-refractivity contribution in [3.05, 3.63) is 84.5 Å². The molecule has 0 aliphatic carbocycles. The Bertz CT molecular complexity index is 836. The molecule has 2 aromatic carbocycles. The molecule has 29 heavy (non-hydrogen) atoms. The highest BCUT2D eigenvalue weighted by atomic mass is 16.5. The molecule has 0 atom stereocenters. The topological polar surface area (TPSA) is 44.8 Å². The average molecular weight is 392 g/mol. The largest absolute Gasteiger partial charge is 0.493 e. The molecule has 0 radical (unpaired) electrons. The normalized spacial score (nSPS) is 10.6. The Kier molecular flexibility index (Phi) is 8.77. The van der Waals surface area contributed by atoms with E-state index in [1.165, 1.54) is 0 Å². The van der Waals surface area contributed by atoms with Gasteiger partial charge in [-0.2, -0.15) is 0 Å². The molecule has 0 saturated carbocycles. The van der Waals surface area contributed by atoms with Gasteiger partial charge in [0, 0.05) is 11.1 Å². The number of carbonyl (C=O) groups is 1. The Balaban J connectivity index is 2.24. The van der Waals surface area contributed by atoms with E-state index in [4.69, 9.17) is 14.2 Å². The summed E-state index contributed by atoms with van der Waals surface area (Å²) in [7, 11) is 0. The van der Waals surface area contributed by atoms with Crippen LogP contribution < -0.4 is 14.2 Å². The van der Waals surface area contributed by atoms with Crippen molar-refractivity contribution in [3.8, 4) is 17.2 Å². The van der Waals surface area contributed by atoms with Gasteiger partial charge >= 0.3 is 0 Å². The van der Waals surface area contributed by atoms with E-state index in [-0.39, 0.29) is 5.78 Å². The Morgan fingerprint density at radius 3 is 2.07 bits per heavy atom. The predicted octanol–water partition coefficient (Wildman–Crippen LogP) is 5.67. The monoisotopic (exact) mass is 392 g/mol. The van der Waals surface area contributed by atoms with Crippen molar-refractivity contribution >= 4 is 11.9 Å². The summed E-state index contributed by atoms with van der Waals surface area (Å²) in [6, 6.07) is 10.9. The summed E-state index contributed by atoms with van der Waals surface area (Å²) < 4.78 is 17.0. The van der Waals surface area contributed by atoms with Crippen LogP contribution in [0.2, 0.25) is 0 Å². The van der Waals surface area contributed by atoms with E-state index in [0.29, 0.717) is 37.6 Å². The lowest BCUT2D eigenvalue weighted by atomic mass is 10.0. The molecule has 0 saturated heterocycles. The standard InChI is InChI=1S/C25H28O4/c1-5-9-22-24(27-7-3)17-19(18-25(22)28-8-4)10-15-23(26)20-11-13-21(14-12-20)29-16-6-2/h5-6,10-15,17-18H,1-2,7-9,16H2,3-4H3. The van der Waals surface area contributed by atoms with E-state index >= 15 is 0 Å². The summed E-state index contributed by atoms with van der Waals surface area (Å²) in [6.07, 6.45) is 7.46. The van der Waals surface area contributed by atoms with Crippen LogP contribution in [0.25, 0.3) is 6.08 Å². The molecule has 152 valence electrons. The Hall–Kier alpha value is -3.27. The van der Waals surface area contributed by atoms with Gasteiger partial charge in [0.05, 0.1) is 13.2 Å². The zero-order valence-corrected chi connectivity index (χ0v) is 17.1. The third-order valence-corrected chi connectivity index (χ3v) is 4.07. The summed E-state index contributed by atoms with van der Waals surface area (Å²) in [4.78, 5) is 12.5. The number of hydrogen-bond acceptors (Lipinski definition) is 4. The van der Waals surface area contributed by atoms with Crippen LogP contribution in [-0.2, 0) is 6.42 Å². The first-order valence-electron chi connectivity index (χ1n) is 9.72. The van der Waals surface area contributed by atoms with Gasteiger partial charge < -0.3 is 14.2 Å². The predicted molar refractivity (Wildman–Crippen MR) is 118 cm³/mol. The minimum absolute atomic E-state index is 0.0913. The highest BCUT2D eigenvalue weighted by molar-refractivity contribution is 6.06. The van der Waals surface area contributed by atoms with Gasteiger partial charge in [0.1, 0.15) is 23.9 Å².